The van der Waals surface area contributed by atoms with E-state index in [1.165, 1.54) is 11.1 Å². The fourth-order valence-corrected chi connectivity index (χ4v) is 2.33. The summed E-state index contributed by atoms with van der Waals surface area (Å²) in [5.74, 6) is 0.314. The lowest BCUT2D eigenvalue weighted by Crippen LogP contribution is -2.44. The summed E-state index contributed by atoms with van der Waals surface area (Å²) >= 11 is 0. The van der Waals surface area contributed by atoms with Crippen molar-refractivity contribution in [1.82, 2.24) is 0 Å². The van der Waals surface area contributed by atoms with Crippen LogP contribution in [0.15, 0.2) is 24.3 Å². The molecule has 0 saturated heterocycles. The highest BCUT2D eigenvalue weighted by Gasteiger charge is 2.44. The predicted molar refractivity (Wildman–Crippen MR) is 52.8 cm³/mol. The van der Waals surface area contributed by atoms with E-state index in [0.717, 1.165) is 12.8 Å². The van der Waals surface area contributed by atoms with E-state index in [0.29, 0.717) is 5.78 Å². The number of benzene rings is 1. The van der Waals surface area contributed by atoms with E-state index in [1.54, 1.807) is 6.92 Å². The molecule has 0 amide bonds. The van der Waals surface area contributed by atoms with Crippen molar-refractivity contribution in [1.29, 1.82) is 0 Å². The topological polar surface area (TPSA) is 17.1 Å². The van der Waals surface area contributed by atoms with Gasteiger partial charge < -0.3 is 0 Å². The molecule has 1 nitrogen and oxygen atoms in total. The zero-order chi connectivity index (χ0) is 9.47. The van der Waals surface area contributed by atoms with Crippen molar-refractivity contribution in [3.05, 3.63) is 35.4 Å². The number of carbonyl (C=O) groups is 1. The van der Waals surface area contributed by atoms with E-state index < -0.39 is 0 Å². The lowest BCUT2D eigenvalue weighted by molar-refractivity contribution is -0.123. The third-order valence-corrected chi connectivity index (χ3v) is 3.30. The second kappa shape index (κ2) is 2.69. The van der Waals surface area contributed by atoms with Gasteiger partial charge in [0.25, 0.3) is 0 Å². The van der Waals surface area contributed by atoms with Crippen LogP contribution in [0.25, 0.3) is 0 Å². The number of fused-ring (bicyclic) bond motifs is 1. The van der Waals surface area contributed by atoms with Crippen molar-refractivity contribution in [3.8, 4) is 0 Å². The molecule has 1 aliphatic carbocycles. The van der Waals surface area contributed by atoms with Gasteiger partial charge in [0, 0.05) is 0 Å². The Morgan fingerprint density at radius 2 is 2.15 bits per heavy atom. The van der Waals surface area contributed by atoms with Gasteiger partial charge in [-0.2, -0.15) is 0 Å². The predicted octanol–water partition coefficient (Wildman–Crippen LogP) is 2.48. The smallest absolute Gasteiger partial charge is 0.140 e. The Labute approximate surface area is 78.8 Å². The molecule has 0 N–H and O–H groups in total. The molecule has 1 aromatic carbocycles. The lowest BCUT2D eigenvalue weighted by atomic mass is 9.60. The first-order valence-corrected chi connectivity index (χ1v) is 4.80. The first kappa shape index (κ1) is 8.49. The number of rotatable bonds is 2. The Kier molecular flexibility index (Phi) is 1.76. The van der Waals surface area contributed by atoms with Crippen LogP contribution in [-0.2, 0) is 16.6 Å². The average Bonchev–Trinajstić information content (AvgIpc) is 2.07. The van der Waals surface area contributed by atoms with Gasteiger partial charge in [-0.3, -0.25) is 4.79 Å². The first-order valence-electron chi connectivity index (χ1n) is 4.80. The number of ketones is 1. The molecule has 0 bridgehead atoms. The van der Waals surface area contributed by atoms with Crippen LogP contribution >= 0.6 is 0 Å². The van der Waals surface area contributed by atoms with Gasteiger partial charge in [0.2, 0.25) is 0 Å². The van der Waals surface area contributed by atoms with Gasteiger partial charge in [-0.05, 0) is 30.9 Å². The van der Waals surface area contributed by atoms with Gasteiger partial charge in [-0.1, -0.05) is 31.2 Å². The molecule has 68 valence electrons. The fraction of sp³-hybridized carbons (Fsp3) is 0.417. The quantitative estimate of drug-likeness (QED) is 0.673. The largest absolute Gasteiger partial charge is 0.299 e. The summed E-state index contributed by atoms with van der Waals surface area (Å²) in [7, 11) is 0. The molecule has 2 rings (SSSR count). The standard InChI is InChI=1S/C12H14O/c1-3-12(9(2)13)8-10-6-4-5-7-11(10)12/h4-7H,3,8H2,1-2H3. The van der Waals surface area contributed by atoms with Crippen molar-refractivity contribution >= 4 is 5.78 Å². The van der Waals surface area contributed by atoms with Crippen molar-refractivity contribution in [2.45, 2.75) is 32.1 Å². The number of carbonyl (C=O) groups excluding carboxylic acids is 1. The molecule has 0 radical (unpaired) electrons. The average molecular weight is 174 g/mol. The molecule has 0 heterocycles. The monoisotopic (exact) mass is 174 g/mol. The highest BCUT2D eigenvalue weighted by molar-refractivity contribution is 5.91. The molecule has 1 aliphatic rings. The van der Waals surface area contributed by atoms with Crippen molar-refractivity contribution in [3.63, 3.8) is 0 Å². The second-order valence-corrected chi connectivity index (χ2v) is 3.83. The Morgan fingerprint density at radius 1 is 1.46 bits per heavy atom. The van der Waals surface area contributed by atoms with Crippen LogP contribution in [0, 0.1) is 0 Å². The molecular formula is C12H14O. The van der Waals surface area contributed by atoms with Crippen LogP contribution < -0.4 is 0 Å². The van der Waals surface area contributed by atoms with Gasteiger partial charge in [-0.25, -0.2) is 0 Å². The maximum absolute atomic E-state index is 11.5. The Bertz CT molecular complexity index is 354. The van der Waals surface area contributed by atoms with Gasteiger partial charge in [0.1, 0.15) is 5.78 Å². The molecule has 1 atom stereocenters. The number of hydrogen-bond donors (Lipinski definition) is 0. The normalized spacial score (nSPS) is 24.8. The maximum atomic E-state index is 11.5. The van der Waals surface area contributed by atoms with Crippen molar-refractivity contribution in [2.75, 3.05) is 0 Å². The highest BCUT2D eigenvalue weighted by atomic mass is 16.1. The van der Waals surface area contributed by atoms with Gasteiger partial charge in [-0.15, -0.1) is 0 Å². The summed E-state index contributed by atoms with van der Waals surface area (Å²) in [6.07, 6.45) is 1.87. The minimum atomic E-state index is -0.142. The van der Waals surface area contributed by atoms with Crippen LogP contribution in [0.4, 0.5) is 0 Å². The zero-order valence-electron chi connectivity index (χ0n) is 8.13. The van der Waals surface area contributed by atoms with Crippen LogP contribution in [-0.4, -0.2) is 5.78 Å². The van der Waals surface area contributed by atoms with Crippen LogP contribution in [0.2, 0.25) is 0 Å². The molecule has 13 heavy (non-hydrogen) atoms. The van der Waals surface area contributed by atoms with Crippen LogP contribution in [0.1, 0.15) is 31.4 Å². The van der Waals surface area contributed by atoms with Gasteiger partial charge in [0.05, 0.1) is 5.41 Å². The SMILES string of the molecule is CCC1(C(C)=O)Cc2ccccc21. The van der Waals surface area contributed by atoms with E-state index in [9.17, 15) is 4.79 Å². The van der Waals surface area contributed by atoms with E-state index in [-0.39, 0.29) is 5.41 Å². The van der Waals surface area contributed by atoms with Crippen molar-refractivity contribution < 1.29 is 4.79 Å². The molecule has 1 unspecified atom stereocenters. The lowest BCUT2D eigenvalue weighted by Gasteiger charge is -2.41. The molecule has 1 heteroatoms. The summed E-state index contributed by atoms with van der Waals surface area (Å²) < 4.78 is 0. The highest BCUT2D eigenvalue weighted by Crippen LogP contribution is 2.44. The molecule has 0 spiro atoms. The summed E-state index contributed by atoms with van der Waals surface area (Å²) in [5, 5.41) is 0. The van der Waals surface area contributed by atoms with Crippen LogP contribution in [0.5, 0.6) is 0 Å². The second-order valence-electron chi connectivity index (χ2n) is 3.83. The van der Waals surface area contributed by atoms with Gasteiger partial charge in [0.15, 0.2) is 0 Å². The third-order valence-electron chi connectivity index (χ3n) is 3.30. The number of Topliss-reactive ketones (excluding diaryl/α,β-unsaturated/α-hetero) is 1. The van der Waals surface area contributed by atoms with E-state index in [4.69, 9.17) is 0 Å². The Hall–Kier alpha value is -1.11. The summed E-state index contributed by atoms with van der Waals surface area (Å²) in [6, 6.07) is 8.26. The molecular weight excluding hydrogens is 160 g/mol. The fourth-order valence-electron chi connectivity index (χ4n) is 2.33. The Morgan fingerprint density at radius 3 is 2.69 bits per heavy atom. The maximum Gasteiger partial charge on any atom is 0.140 e. The molecule has 0 aliphatic heterocycles. The van der Waals surface area contributed by atoms with Gasteiger partial charge >= 0.3 is 0 Å². The minimum Gasteiger partial charge on any atom is -0.299 e. The summed E-state index contributed by atoms with van der Waals surface area (Å²) in [4.78, 5) is 11.5. The summed E-state index contributed by atoms with van der Waals surface area (Å²) in [6.45, 7) is 3.80. The van der Waals surface area contributed by atoms with E-state index in [2.05, 4.69) is 19.1 Å². The Balaban J connectivity index is 2.47. The minimum absolute atomic E-state index is 0.142. The third kappa shape index (κ3) is 0.963. The molecule has 0 saturated carbocycles. The zero-order valence-corrected chi connectivity index (χ0v) is 8.13. The molecule has 0 aromatic heterocycles. The molecule has 1 aromatic rings. The van der Waals surface area contributed by atoms with E-state index >= 15 is 0 Å². The molecule has 0 fully saturated rings. The summed E-state index contributed by atoms with van der Waals surface area (Å²) in [5.41, 5.74) is 2.46. The van der Waals surface area contributed by atoms with Crippen LogP contribution in [0.3, 0.4) is 0 Å². The number of hydrogen-bond acceptors (Lipinski definition) is 1. The first-order chi connectivity index (χ1) is 6.20. The van der Waals surface area contributed by atoms with Crippen molar-refractivity contribution in [2.24, 2.45) is 0 Å². The van der Waals surface area contributed by atoms with E-state index in [1.807, 2.05) is 12.1 Å².